The van der Waals surface area contributed by atoms with E-state index in [9.17, 15) is 14.0 Å². The third-order valence-corrected chi connectivity index (χ3v) is 7.79. The summed E-state index contributed by atoms with van der Waals surface area (Å²) >= 11 is 0. The van der Waals surface area contributed by atoms with Gasteiger partial charge >= 0.3 is 0 Å². The maximum atomic E-state index is 15.1. The molecule has 10 heteroatoms. The third kappa shape index (κ3) is 8.55. The lowest BCUT2D eigenvalue weighted by Gasteiger charge is -2.23. The van der Waals surface area contributed by atoms with Crippen molar-refractivity contribution < 1.29 is 27.8 Å². The molecule has 0 atom stereocenters. The highest BCUT2D eigenvalue weighted by Crippen LogP contribution is 2.40. The number of carbonyl (C=O) groups is 2. The smallest absolute Gasteiger partial charge is 0.251 e. The maximum absolute atomic E-state index is 15.1. The van der Waals surface area contributed by atoms with Gasteiger partial charge in [0.25, 0.3) is 5.91 Å². The molecule has 5 rings (SSSR count). The van der Waals surface area contributed by atoms with Crippen LogP contribution in [-0.2, 0) is 11.3 Å². The quantitative estimate of drug-likeness (QED) is 0.169. The Morgan fingerprint density at radius 1 is 1.06 bits per heavy atom. The number of hydrogen-bond acceptors (Lipinski definition) is 5. The Hall–Kier alpha value is -4.73. The van der Waals surface area contributed by atoms with Gasteiger partial charge in [0.1, 0.15) is 5.82 Å². The Balaban J connectivity index is 0.00000245. The molecule has 0 unspecified atom stereocenters. The summed E-state index contributed by atoms with van der Waals surface area (Å²) in [6.45, 7) is 11.3. The lowest BCUT2D eigenvalue weighted by molar-refractivity contribution is -0.118. The first-order chi connectivity index (χ1) is 22.8. The summed E-state index contributed by atoms with van der Waals surface area (Å²) in [6.07, 6.45) is 5.64. The van der Waals surface area contributed by atoms with Crippen LogP contribution in [0.2, 0.25) is 0 Å². The maximum Gasteiger partial charge on any atom is 0.251 e. The van der Waals surface area contributed by atoms with Crippen molar-refractivity contribution in [3.05, 3.63) is 94.8 Å². The summed E-state index contributed by atoms with van der Waals surface area (Å²) in [6, 6.07) is 13.6. The van der Waals surface area contributed by atoms with Crippen LogP contribution >= 0.6 is 0 Å². The van der Waals surface area contributed by atoms with Gasteiger partial charge in [-0.2, -0.15) is 5.10 Å². The van der Waals surface area contributed by atoms with E-state index in [-0.39, 0.29) is 43.0 Å². The molecule has 0 saturated heterocycles. The number of ether oxygens (including phenoxy) is 2. The van der Waals surface area contributed by atoms with Gasteiger partial charge in [-0.3, -0.25) is 14.3 Å². The fourth-order valence-electron chi connectivity index (χ4n) is 5.36. The minimum Gasteiger partial charge on any atom is -0.491 e. The number of rotatable bonds is 11. The molecule has 4 aromatic rings. The van der Waals surface area contributed by atoms with Gasteiger partial charge in [0.2, 0.25) is 5.91 Å². The monoisotopic (exact) mass is 646 g/mol. The predicted octanol–water partition coefficient (Wildman–Crippen LogP) is 7.63. The Kier molecular flexibility index (Phi) is 12.5. The standard InChI is InChI=1S/C35H38F2N4O4.C2H6/c1-4-14-38-35(43)25-18-24(3)28(29(36)19-25)22-40-21-26(20-39-40)27-10-6-11-30-34(27)45-17-8-15-41(30)32(42)13-7-16-44-31-12-5-9-23(2)33(31)37;1-2/h5-6,9-12,18-21H,4,7-8,13-17,22H2,1-3H3,(H,38,43);1-2H3. The predicted molar refractivity (Wildman–Crippen MR) is 180 cm³/mol. The Morgan fingerprint density at radius 3 is 2.62 bits per heavy atom. The number of aryl methyl sites for hydroxylation is 2. The summed E-state index contributed by atoms with van der Waals surface area (Å²) < 4.78 is 42.8. The zero-order valence-corrected chi connectivity index (χ0v) is 27.9. The number of nitrogens with zero attached hydrogens (tertiary/aromatic N) is 3. The average molecular weight is 647 g/mol. The summed E-state index contributed by atoms with van der Waals surface area (Å²) in [7, 11) is 0. The van der Waals surface area contributed by atoms with Crippen LogP contribution in [-0.4, -0.2) is 47.9 Å². The molecule has 0 bridgehead atoms. The first-order valence-corrected chi connectivity index (χ1v) is 16.3. The van der Waals surface area contributed by atoms with Crippen LogP contribution in [0.3, 0.4) is 0 Å². The van der Waals surface area contributed by atoms with E-state index in [1.807, 2.05) is 45.2 Å². The number of benzene rings is 3. The molecule has 2 amide bonds. The second kappa shape index (κ2) is 16.7. The van der Waals surface area contributed by atoms with Crippen molar-refractivity contribution in [2.24, 2.45) is 0 Å². The zero-order chi connectivity index (χ0) is 33.9. The Bertz CT molecular complexity index is 1660. The van der Waals surface area contributed by atoms with Gasteiger partial charge in [0, 0.05) is 48.0 Å². The summed E-state index contributed by atoms with van der Waals surface area (Å²) in [4.78, 5) is 27.4. The van der Waals surface area contributed by atoms with Gasteiger partial charge in [-0.25, -0.2) is 8.78 Å². The van der Waals surface area contributed by atoms with Crippen molar-refractivity contribution in [1.29, 1.82) is 0 Å². The summed E-state index contributed by atoms with van der Waals surface area (Å²) in [5, 5.41) is 7.25. The van der Waals surface area contributed by atoms with Crippen molar-refractivity contribution in [2.45, 2.75) is 66.8 Å². The van der Waals surface area contributed by atoms with Crippen LogP contribution in [0.15, 0.2) is 60.9 Å². The second-order valence-corrected chi connectivity index (χ2v) is 11.2. The van der Waals surface area contributed by atoms with Crippen LogP contribution in [0.25, 0.3) is 11.1 Å². The largest absolute Gasteiger partial charge is 0.491 e. The molecule has 250 valence electrons. The molecule has 1 aliphatic heterocycles. The van der Waals surface area contributed by atoms with Crippen molar-refractivity contribution in [3.63, 3.8) is 0 Å². The van der Waals surface area contributed by atoms with Crippen LogP contribution in [0.1, 0.15) is 73.5 Å². The highest BCUT2D eigenvalue weighted by Gasteiger charge is 2.25. The molecular weight excluding hydrogens is 602 g/mol. The normalized spacial score (nSPS) is 12.3. The van der Waals surface area contributed by atoms with Crippen LogP contribution in [0.4, 0.5) is 14.5 Å². The van der Waals surface area contributed by atoms with Crippen molar-refractivity contribution in [2.75, 3.05) is 31.2 Å². The van der Waals surface area contributed by atoms with Crippen LogP contribution in [0, 0.1) is 25.5 Å². The summed E-state index contributed by atoms with van der Waals surface area (Å²) in [5.41, 5.74) is 4.13. The zero-order valence-electron chi connectivity index (χ0n) is 27.9. The molecule has 2 heterocycles. The topological polar surface area (TPSA) is 85.7 Å². The van der Waals surface area contributed by atoms with Gasteiger partial charge in [-0.1, -0.05) is 45.0 Å². The van der Waals surface area contributed by atoms with Gasteiger partial charge < -0.3 is 19.7 Å². The van der Waals surface area contributed by atoms with E-state index in [0.29, 0.717) is 66.2 Å². The van der Waals surface area contributed by atoms with E-state index in [1.165, 1.54) is 6.07 Å². The number of anilines is 1. The van der Waals surface area contributed by atoms with E-state index in [1.54, 1.807) is 53.9 Å². The minimum absolute atomic E-state index is 0.0688. The van der Waals surface area contributed by atoms with E-state index >= 15 is 4.39 Å². The Labute approximate surface area is 275 Å². The van der Waals surface area contributed by atoms with Crippen molar-refractivity contribution in [1.82, 2.24) is 15.1 Å². The van der Waals surface area contributed by atoms with Crippen molar-refractivity contribution >= 4 is 17.5 Å². The number of halogens is 2. The molecule has 0 spiro atoms. The fraction of sp³-hybridized carbons (Fsp3) is 0.378. The molecule has 0 fully saturated rings. The SMILES string of the molecule is CC.CCCNC(=O)c1cc(C)c(Cn2cc(-c3cccc4c3OCCCN4C(=O)CCCOc3cccc(C)c3F)cn2)c(F)c1. The van der Waals surface area contributed by atoms with Crippen LogP contribution in [0.5, 0.6) is 11.5 Å². The molecule has 0 saturated carbocycles. The number of para-hydroxylation sites is 1. The molecule has 0 aliphatic carbocycles. The van der Waals surface area contributed by atoms with E-state index in [0.717, 1.165) is 17.5 Å². The average Bonchev–Trinajstić information content (AvgIpc) is 3.43. The van der Waals surface area contributed by atoms with E-state index in [4.69, 9.17) is 9.47 Å². The first kappa shape index (κ1) is 35.1. The lowest BCUT2D eigenvalue weighted by atomic mass is 10.0. The number of amides is 2. The first-order valence-electron chi connectivity index (χ1n) is 16.3. The number of nitrogens with one attached hydrogen (secondary N) is 1. The van der Waals surface area contributed by atoms with Gasteiger partial charge in [-0.05, 0) is 68.5 Å². The van der Waals surface area contributed by atoms with Gasteiger partial charge in [0.15, 0.2) is 17.3 Å². The molecule has 8 nitrogen and oxygen atoms in total. The van der Waals surface area contributed by atoms with Crippen molar-refractivity contribution in [3.8, 4) is 22.6 Å². The second-order valence-electron chi connectivity index (χ2n) is 11.2. The minimum atomic E-state index is -0.464. The highest BCUT2D eigenvalue weighted by atomic mass is 19.1. The summed E-state index contributed by atoms with van der Waals surface area (Å²) in [5.74, 6) is -0.440. The molecule has 0 radical (unpaired) electrons. The number of carbonyl (C=O) groups excluding carboxylic acids is 2. The molecule has 1 aliphatic rings. The van der Waals surface area contributed by atoms with Gasteiger partial charge in [-0.15, -0.1) is 0 Å². The Morgan fingerprint density at radius 2 is 1.85 bits per heavy atom. The molecular formula is C37H44F2N4O4. The lowest BCUT2D eigenvalue weighted by Crippen LogP contribution is -2.31. The highest BCUT2D eigenvalue weighted by molar-refractivity contribution is 5.97. The number of aromatic nitrogens is 2. The third-order valence-electron chi connectivity index (χ3n) is 7.79. The molecule has 3 aromatic carbocycles. The molecule has 47 heavy (non-hydrogen) atoms. The molecule has 1 aromatic heterocycles. The van der Waals surface area contributed by atoms with E-state index < -0.39 is 5.82 Å². The molecule has 1 N–H and O–H groups in total. The number of fused-ring (bicyclic) bond motifs is 1. The number of hydrogen-bond donors (Lipinski definition) is 1. The van der Waals surface area contributed by atoms with Gasteiger partial charge in [0.05, 0.1) is 31.6 Å². The van der Waals surface area contributed by atoms with Crippen LogP contribution < -0.4 is 19.7 Å². The van der Waals surface area contributed by atoms with E-state index in [2.05, 4.69) is 10.4 Å². The fourth-order valence-corrected chi connectivity index (χ4v) is 5.36.